The van der Waals surface area contributed by atoms with Crippen molar-refractivity contribution >= 4 is 0 Å². The van der Waals surface area contributed by atoms with Crippen molar-refractivity contribution in [3.63, 3.8) is 0 Å². The summed E-state index contributed by atoms with van der Waals surface area (Å²) >= 11 is 0. The molecule has 2 atom stereocenters. The van der Waals surface area contributed by atoms with Crippen LogP contribution in [-0.2, 0) is 0 Å². The number of nitrogens with two attached hydrogens (primary N) is 1. The van der Waals surface area contributed by atoms with Gasteiger partial charge >= 0.3 is 0 Å². The molecule has 0 aliphatic heterocycles. The fourth-order valence-corrected chi connectivity index (χ4v) is 2.19. The Hall–Kier alpha value is -1.44. The summed E-state index contributed by atoms with van der Waals surface area (Å²) in [6.45, 7) is 5.82. The first-order chi connectivity index (χ1) is 8.74. The molecule has 2 unspecified atom stereocenters. The van der Waals surface area contributed by atoms with E-state index in [0.29, 0.717) is 6.42 Å². The summed E-state index contributed by atoms with van der Waals surface area (Å²) < 4.78 is 0. The van der Waals surface area contributed by atoms with Gasteiger partial charge in [-0.15, -0.1) is 0 Å². The van der Waals surface area contributed by atoms with Crippen LogP contribution in [0.3, 0.4) is 0 Å². The molecule has 18 heavy (non-hydrogen) atoms. The number of rotatable bonds is 7. The molecule has 0 spiro atoms. The van der Waals surface area contributed by atoms with Crippen LogP contribution in [-0.4, -0.2) is 29.0 Å². The molecule has 0 bridgehead atoms. The fourth-order valence-electron chi connectivity index (χ4n) is 2.19. The number of hydrogen-bond acceptors (Lipinski definition) is 4. The molecule has 0 fully saturated rings. The topological polar surface area (TPSA) is 65.9 Å². The minimum atomic E-state index is 0.0628. The van der Waals surface area contributed by atoms with Gasteiger partial charge in [0.15, 0.2) is 0 Å². The lowest BCUT2D eigenvalue weighted by molar-refractivity contribution is 0.181. The number of nitrogens with zero attached hydrogens (tertiary/aromatic N) is 3. The van der Waals surface area contributed by atoms with Gasteiger partial charge in [-0.25, -0.2) is 0 Å². The second-order valence-corrected chi connectivity index (χ2v) is 4.34. The number of likely N-dealkylation sites (N-methyl/N-ethyl adjacent to an activating group) is 1. The molecule has 4 heteroatoms. The van der Waals surface area contributed by atoms with Gasteiger partial charge in [0.1, 0.15) is 0 Å². The maximum absolute atomic E-state index is 8.74. The van der Waals surface area contributed by atoms with E-state index >= 15 is 0 Å². The molecule has 0 aromatic carbocycles. The Morgan fingerprint density at radius 2 is 2.28 bits per heavy atom. The molecular weight excluding hydrogens is 224 g/mol. The molecule has 1 aromatic heterocycles. The summed E-state index contributed by atoms with van der Waals surface area (Å²) in [6, 6.07) is 6.39. The van der Waals surface area contributed by atoms with Gasteiger partial charge < -0.3 is 5.73 Å². The van der Waals surface area contributed by atoms with Crippen molar-refractivity contribution in [3.05, 3.63) is 30.1 Å². The monoisotopic (exact) mass is 246 g/mol. The van der Waals surface area contributed by atoms with Gasteiger partial charge in [0.25, 0.3) is 0 Å². The van der Waals surface area contributed by atoms with Crippen molar-refractivity contribution < 1.29 is 0 Å². The van der Waals surface area contributed by atoms with Crippen molar-refractivity contribution in [2.75, 3.05) is 13.1 Å². The predicted octanol–water partition coefficient (Wildman–Crippen LogP) is 2.10. The van der Waals surface area contributed by atoms with Crippen molar-refractivity contribution in [2.24, 2.45) is 5.73 Å². The van der Waals surface area contributed by atoms with Crippen molar-refractivity contribution in [2.45, 2.75) is 38.8 Å². The molecule has 98 valence electrons. The second-order valence-electron chi connectivity index (χ2n) is 4.34. The smallest absolute Gasteiger partial charge is 0.0635 e. The van der Waals surface area contributed by atoms with Crippen LogP contribution in [0.2, 0.25) is 0 Å². The molecule has 0 aliphatic carbocycles. The van der Waals surface area contributed by atoms with E-state index in [1.54, 1.807) is 6.20 Å². The van der Waals surface area contributed by atoms with E-state index < -0.39 is 0 Å². The van der Waals surface area contributed by atoms with Crippen LogP contribution in [0.5, 0.6) is 0 Å². The van der Waals surface area contributed by atoms with E-state index in [1.165, 1.54) is 0 Å². The minimum Gasteiger partial charge on any atom is -0.326 e. The SMILES string of the molecule is CCC(N)C(c1cccnc1)N(CC)CCC#N. The van der Waals surface area contributed by atoms with Crippen LogP contribution in [0.15, 0.2) is 24.5 Å². The molecule has 4 nitrogen and oxygen atoms in total. The van der Waals surface area contributed by atoms with Crippen molar-refractivity contribution in [3.8, 4) is 6.07 Å². The largest absolute Gasteiger partial charge is 0.326 e. The van der Waals surface area contributed by atoms with Crippen LogP contribution in [0.25, 0.3) is 0 Å². The lowest BCUT2D eigenvalue weighted by Crippen LogP contribution is -2.41. The summed E-state index contributed by atoms with van der Waals surface area (Å²) in [5, 5.41) is 8.74. The van der Waals surface area contributed by atoms with Crippen LogP contribution in [0.1, 0.15) is 38.3 Å². The van der Waals surface area contributed by atoms with Crippen LogP contribution in [0.4, 0.5) is 0 Å². The summed E-state index contributed by atoms with van der Waals surface area (Å²) in [4.78, 5) is 6.43. The average molecular weight is 246 g/mol. The number of aromatic nitrogens is 1. The zero-order chi connectivity index (χ0) is 13.4. The third kappa shape index (κ3) is 3.80. The first-order valence-electron chi connectivity index (χ1n) is 6.51. The summed E-state index contributed by atoms with van der Waals surface area (Å²) in [6.07, 6.45) is 5.07. The Kier molecular flexibility index (Phi) is 6.34. The van der Waals surface area contributed by atoms with Gasteiger partial charge in [0.2, 0.25) is 0 Å². The number of hydrogen-bond donors (Lipinski definition) is 1. The Bertz CT molecular complexity index is 371. The third-order valence-electron chi connectivity index (χ3n) is 3.21. The molecule has 1 rings (SSSR count). The zero-order valence-corrected chi connectivity index (χ0v) is 11.2. The first kappa shape index (κ1) is 14.6. The van der Waals surface area contributed by atoms with Gasteiger partial charge in [-0.2, -0.15) is 5.26 Å². The molecule has 0 saturated heterocycles. The van der Waals surface area contributed by atoms with Gasteiger partial charge in [-0.05, 0) is 24.6 Å². The molecule has 0 aliphatic rings. The number of nitriles is 1. The van der Waals surface area contributed by atoms with E-state index in [2.05, 4.69) is 35.9 Å². The van der Waals surface area contributed by atoms with Crippen molar-refractivity contribution in [1.82, 2.24) is 9.88 Å². The van der Waals surface area contributed by atoms with Crippen LogP contribution >= 0.6 is 0 Å². The summed E-state index contributed by atoms with van der Waals surface area (Å²) in [5.41, 5.74) is 7.38. The Morgan fingerprint density at radius 1 is 1.50 bits per heavy atom. The van der Waals surface area contributed by atoms with E-state index in [-0.39, 0.29) is 12.1 Å². The van der Waals surface area contributed by atoms with Crippen LogP contribution < -0.4 is 5.73 Å². The van der Waals surface area contributed by atoms with E-state index in [4.69, 9.17) is 11.0 Å². The van der Waals surface area contributed by atoms with Gasteiger partial charge in [0.05, 0.1) is 12.1 Å². The van der Waals surface area contributed by atoms with Crippen LogP contribution in [0, 0.1) is 11.3 Å². The quantitative estimate of drug-likeness (QED) is 0.800. The highest BCUT2D eigenvalue weighted by Gasteiger charge is 2.24. The maximum atomic E-state index is 8.74. The highest BCUT2D eigenvalue weighted by molar-refractivity contribution is 5.16. The highest BCUT2D eigenvalue weighted by atomic mass is 15.2. The zero-order valence-electron chi connectivity index (χ0n) is 11.2. The Labute approximate surface area is 109 Å². The molecule has 0 saturated carbocycles. The molecule has 0 radical (unpaired) electrons. The van der Waals surface area contributed by atoms with Gasteiger partial charge in [-0.3, -0.25) is 9.88 Å². The maximum Gasteiger partial charge on any atom is 0.0635 e. The summed E-state index contributed by atoms with van der Waals surface area (Å²) in [7, 11) is 0. The van der Waals surface area contributed by atoms with Crippen molar-refractivity contribution in [1.29, 1.82) is 5.26 Å². The average Bonchev–Trinajstić information content (AvgIpc) is 2.43. The summed E-state index contributed by atoms with van der Waals surface area (Å²) in [5.74, 6) is 0. The lowest BCUT2D eigenvalue weighted by Gasteiger charge is -2.34. The van der Waals surface area contributed by atoms with E-state index in [9.17, 15) is 0 Å². The van der Waals surface area contributed by atoms with Gasteiger partial charge in [-0.1, -0.05) is 19.9 Å². The molecule has 2 N–H and O–H groups in total. The third-order valence-corrected chi connectivity index (χ3v) is 3.21. The predicted molar refractivity (Wildman–Crippen MR) is 72.7 cm³/mol. The van der Waals surface area contributed by atoms with Gasteiger partial charge in [0, 0.05) is 31.4 Å². The highest BCUT2D eigenvalue weighted by Crippen LogP contribution is 2.24. The normalized spacial score (nSPS) is 14.2. The molecule has 1 aromatic rings. The Balaban J connectivity index is 2.93. The molecule has 1 heterocycles. The number of pyridine rings is 1. The fraction of sp³-hybridized carbons (Fsp3) is 0.571. The molecule has 0 amide bonds. The Morgan fingerprint density at radius 3 is 2.78 bits per heavy atom. The van der Waals surface area contributed by atoms with E-state index in [1.807, 2.05) is 12.3 Å². The standard InChI is InChI=1S/C14H22N4/c1-3-13(16)14(12-7-5-9-17-11-12)18(4-2)10-6-8-15/h5,7,9,11,13-14H,3-4,6,10,16H2,1-2H3. The molecular formula is C14H22N4. The second kappa shape index (κ2) is 7.80. The lowest BCUT2D eigenvalue weighted by atomic mass is 9.97. The van der Waals surface area contributed by atoms with E-state index in [0.717, 1.165) is 25.1 Å². The first-order valence-corrected chi connectivity index (χ1v) is 6.51. The minimum absolute atomic E-state index is 0.0628.